The van der Waals surface area contributed by atoms with Crippen LogP contribution in [0.2, 0.25) is 0 Å². The van der Waals surface area contributed by atoms with E-state index in [-0.39, 0.29) is 17.1 Å². The predicted octanol–water partition coefficient (Wildman–Crippen LogP) is 4.57. The second kappa shape index (κ2) is 8.75. The van der Waals surface area contributed by atoms with Crippen LogP contribution >= 0.6 is 0 Å². The SMILES string of the molecule is CN(C)C1(C2C=CC=CC2)CCC2(CC1)CN(CCCC#N)C(=O)N2CC1CCC1. The van der Waals surface area contributed by atoms with Crippen LogP contribution in [0.15, 0.2) is 24.3 Å². The molecule has 5 nitrogen and oxygen atoms in total. The van der Waals surface area contributed by atoms with Crippen molar-refractivity contribution in [1.82, 2.24) is 14.7 Å². The first-order valence-corrected chi connectivity index (χ1v) is 11.9. The summed E-state index contributed by atoms with van der Waals surface area (Å²) in [6.07, 6.45) is 19.8. The lowest BCUT2D eigenvalue weighted by atomic mass is 9.64. The van der Waals surface area contributed by atoms with Crippen molar-refractivity contribution in [2.45, 2.75) is 75.3 Å². The number of nitrogens with zero attached hydrogens (tertiary/aromatic N) is 4. The summed E-state index contributed by atoms with van der Waals surface area (Å²) >= 11 is 0. The number of unbranched alkanes of at least 4 members (excludes halogenated alkanes) is 1. The van der Waals surface area contributed by atoms with Crippen LogP contribution in [0.4, 0.5) is 4.79 Å². The third kappa shape index (κ3) is 3.80. The molecule has 1 saturated heterocycles. The zero-order chi connectivity index (χ0) is 21.2. The first kappa shape index (κ1) is 21.4. The minimum absolute atomic E-state index is 0.00690. The maximum absolute atomic E-state index is 13.4. The Labute approximate surface area is 182 Å². The average Bonchev–Trinajstić information content (AvgIpc) is 2.97. The Bertz CT molecular complexity index is 722. The average molecular weight is 411 g/mol. The van der Waals surface area contributed by atoms with Crippen LogP contribution < -0.4 is 0 Å². The van der Waals surface area contributed by atoms with E-state index >= 15 is 0 Å². The summed E-state index contributed by atoms with van der Waals surface area (Å²) in [4.78, 5) is 20.2. The van der Waals surface area contributed by atoms with E-state index in [0.717, 1.165) is 58.2 Å². The normalized spacial score (nSPS) is 34.1. The number of rotatable bonds is 7. The highest BCUT2D eigenvalue weighted by molar-refractivity contribution is 5.78. The van der Waals surface area contributed by atoms with Gasteiger partial charge in [-0.1, -0.05) is 30.7 Å². The van der Waals surface area contributed by atoms with Crippen molar-refractivity contribution in [3.8, 4) is 6.07 Å². The van der Waals surface area contributed by atoms with Crippen LogP contribution in [0, 0.1) is 23.2 Å². The van der Waals surface area contributed by atoms with E-state index in [1.165, 1.54) is 19.3 Å². The molecule has 1 aliphatic heterocycles. The lowest BCUT2D eigenvalue weighted by Gasteiger charge is -2.54. The van der Waals surface area contributed by atoms with Crippen molar-refractivity contribution in [2.24, 2.45) is 11.8 Å². The first-order valence-electron chi connectivity index (χ1n) is 11.9. The van der Waals surface area contributed by atoms with Crippen molar-refractivity contribution >= 4 is 6.03 Å². The molecule has 1 unspecified atom stereocenters. The fraction of sp³-hybridized carbons (Fsp3) is 0.760. The highest BCUT2D eigenvalue weighted by Crippen LogP contribution is 2.49. The van der Waals surface area contributed by atoms with E-state index in [4.69, 9.17) is 5.26 Å². The number of urea groups is 1. The molecular weight excluding hydrogens is 372 g/mol. The largest absolute Gasteiger partial charge is 0.322 e. The van der Waals surface area contributed by atoms with E-state index in [1.807, 2.05) is 0 Å². The fourth-order valence-corrected chi connectivity index (χ4v) is 6.32. The van der Waals surface area contributed by atoms with Gasteiger partial charge in [0, 0.05) is 31.6 Å². The molecule has 2 saturated carbocycles. The molecule has 30 heavy (non-hydrogen) atoms. The van der Waals surface area contributed by atoms with Crippen LogP contribution in [-0.4, -0.2) is 65.5 Å². The summed E-state index contributed by atoms with van der Waals surface area (Å²) in [7, 11) is 4.48. The van der Waals surface area contributed by atoms with E-state index in [9.17, 15) is 4.79 Å². The van der Waals surface area contributed by atoms with Gasteiger partial charge >= 0.3 is 6.03 Å². The quantitative estimate of drug-likeness (QED) is 0.578. The Morgan fingerprint density at radius 1 is 1.20 bits per heavy atom. The van der Waals surface area contributed by atoms with Gasteiger partial charge in [0.1, 0.15) is 0 Å². The Morgan fingerprint density at radius 3 is 2.53 bits per heavy atom. The highest BCUT2D eigenvalue weighted by Gasteiger charge is 2.55. The van der Waals surface area contributed by atoms with Crippen LogP contribution in [0.5, 0.6) is 0 Å². The molecule has 0 N–H and O–H groups in total. The van der Waals surface area contributed by atoms with Gasteiger partial charge in [0.2, 0.25) is 0 Å². The van der Waals surface area contributed by atoms with E-state index in [0.29, 0.717) is 18.3 Å². The molecule has 164 valence electrons. The van der Waals surface area contributed by atoms with Crippen molar-refractivity contribution in [1.29, 1.82) is 5.26 Å². The summed E-state index contributed by atoms with van der Waals surface area (Å²) < 4.78 is 0. The monoisotopic (exact) mass is 410 g/mol. The molecule has 0 aromatic rings. The molecule has 0 bridgehead atoms. The summed E-state index contributed by atoms with van der Waals surface area (Å²) in [5.74, 6) is 1.25. The predicted molar refractivity (Wildman–Crippen MR) is 120 cm³/mol. The lowest BCUT2D eigenvalue weighted by molar-refractivity contribution is -0.00397. The van der Waals surface area contributed by atoms with Gasteiger partial charge in [0.15, 0.2) is 0 Å². The molecule has 0 radical (unpaired) electrons. The number of amides is 2. The van der Waals surface area contributed by atoms with Crippen molar-refractivity contribution in [3.63, 3.8) is 0 Å². The fourth-order valence-electron chi connectivity index (χ4n) is 6.32. The van der Waals surface area contributed by atoms with Gasteiger partial charge in [-0.05, 0) is 77.3 Å². The lowest BCUT2D eigenvalue weighted by Crippen LogP contribution is -2.59. The van der Waals surface area contributed by atoms with Gasteiger partial charge in [-0.25, -0.2) is 4.79 Å². The molecule has 3 aliphatic carbocycles. The minimum Gasteiger partial charge on any atom is -0.322 e. The maximum Gasteiger partial charge on any atom is 0.320 e. The smallest absolute Gasteiger partial charge is 0.320 e. The van der Waals surface area contributed by atoms with Crippen LogP contribution in [0.3, 0.4) is 0 Å². The summed E-state index contributed by atoms with van der Waals surface area (Å²) in [5, 5.41) is 8.91. The minimum atomic E-state index is -0.00690. The molecule has 2 amide bonds. The number of carbonyl (C=O) groups is 1. The van der Waals surface area contributed by atoms with Crippen molar-refractivity contribution < 1.29 is 4.79 Å². The molecule has 1 heterocycles. The third-order valence-electron chi connectivity index (χ3n) is 8.55. The van der Waals surface area contributed by atoms with Crippen LogP contribution in [0.1, 0.15) is 64.2 Å². The molecule has 1 spiro atoms. The van der Waals surface area contributed by atoms with Crippen molar-refractivity contribution in [3.05, 3.63) is 24.3 Å². The first-order chi connectivity index (χ1) is 14.5. The Balaban J connectivity index is 1.52. The highest BCUT2D eigenvalue weighted by atomic mass is 16.2. The van der Waals surface area contributed by atoms with Gasteiger partial charge in [-0.15, -0.1) is 0 Å². The van der Waals surface area contributed by atoms with Crippen LogP contribution in [0.25, 0.3) is 0 Å². The summed E-state index contributed by atoms with van der Waals surface area (Å²) in [5.41, 5.74) is 0.180. The van der Waals surface area contributed by atoms with E-state index in [1.54, 1.807) is 0 Å². The van der Waals surface area contributed by atoms with Crippen LogP contribution in [-0.2, 0) is 0 Å². The number of nitriles is 1. The Hall–Kier alpha value is -1.80. The summed E-state index contributed by atoms with van der Waals surface area (Å²) in [6.45, 7) is 2.52. The topological polar surface area (TPSA) is 50.6 Å². The number of allylic oxidation sites excluding steroid dienone is 3. The van der Waals surface area contributed by atoms with Gasteiger partial charge in [0.05, 0.1) is 11.6 Å². The van der Waals surface area contributed by atoms with Crippen molar-refractivity contribution in [2.75, 3.05) is 33.7 Å². The second-order valence-corrected chi connectivity index (χ2v) is 10.3. The number of hydrogen-bond donors (Lipinski definition) is 0. The Morgan fingerprint density at radius 2 is 1.97 bits per heavy atom. The zero-order valence-electron chi connectivity index (χ0n) is 18.9. The number of hydrogen-bond acceptors (Lipinski definition) is 3. The van der Waals surface area contributed by atoms with Gasteiger partial charge in [-0.3, -0.25) is 0 Å². The molecule has 4 rings (SSSR count). The molecule has 3 fully saturated rings. The van der Waals surface area contributed by atoms with Gasteiger partial charge in [-0.2, -0.15) is 5.26 Å². The maximum atomic E-state index is 13.4. The van der Waals surface area contributed by atoms with E-state index in [2.05, 4.69) is 59.2 Å². The standard InChI is InChI=1S/C25H38N4O/c1-27(2)25(22-11-4-3-5-12-22)15-13-24(14-16-25)20-28(18-7-6-17-26)23(30)29(24)19-21-9-8-10-21/h3-5,11,21-22H,6-10,12-16,18-20H2,1-2H3. The van der Waals surface area contributed by atoms with Gasteiger partial charge in [0.25, 0.3) is 0 Å². The molecule has 1 atom stereocenters. The number of carbonyl (C=O) groups excluding carboxylic acids is 1. The summed E-state index contributed by atoms with van der Waals surface area (Å²) in [6, 6.07) is 2.46. The molecular formula is C25H38N4O. The molecule has 5 heteroatoms. The van der Waals surface area contributed by atoms with E-state index < -0.39 is 0 Å². The molecule has 0 aromatic carbocycles. The second-order valence-electron chi connectivity index (χ2n) is 10.3. The zero-order valence-corrected chi connectivity index (χ0v) is 18.9. The Kier molecular flexibility index (Phi) is 6.25. The molecule has 4 aliphatic rings. The third-order valence-corrected chi connectivity index (χ3v) is 8.55. The molecule has 0 aromatic heterocycles. The van der Waals surface area contributed by atoms with Gasteiger partial charge < -0.3 is 14.7 Å².